The molecule has 1 aromatic rings. The molecule has 0 unspecified atom stereocenters. The zero-order valence-electron chi connectivity index (χ0n) is 8.47. The second kappa shape index (κ2) is 4.99. The van der Waals surface area contributed by atoms with Gasteiger partial charge in [0.25, 0.3) is 0 Å². The molecule has 0 bridgehead atoms. The zero-order chi connectivity index (χ0) is 11.3. The summed E-state index contributed by atoms with van der Waals surface area (Å²) in [5.41, 5.74) is 0.461. The third-order valence-electron chi connectivity index (χ3n) is 1.39. The van der Waals surface area contributed by atoms with Gasteiger partial charge in [0.05, 0.1) is 0 Å². The van der Waals surface area contributed by atoms with Gasteiger partial charge in [-0.15, -0.1) is 0 Å². The average molecular weight is 209 g/mol. The number of benzene rings is 1. The molecule has 0 radical (unpaired) electrons. The van der Waals surface area contributed by atoms with E-state index in [0.717, 1.165) is 5.23 Å². The van der Waals surface area contributed by atoms with Gasteiger partial charge >= 0.3 is 11.9 Å². The van der Waals surface area contributed by atoms with E-state index in [9.17, 15) is 9.59 Å². The Morgan fingerprint density at radius 3 is 1.87 bits per heavy atom. The molecule has 5 nitrogen and oxygen atoms in total. The number of nitrogens with zero attached hydrogens (tertiary/aromatic N) is 1. The molecule has 0 aliphatic rings. The number of hydrogen-bond acceptors (Lipinski definition) is 5. The summed E-state index contributed by atoms with van der Waals surface area (Å²) in [5, 5.41) is 0.782. The molecule has 0 heterocycles. The Bertz CT molecular complexity index is 334. The van der Waals surface area contributed by atoms with Crippen LogP contribution in [0.2, 0.25) is 0 Å². The first-order chi connectivity index (χ1) is 7.09. The molecule has 80 valence electrons. The maximum absolute atomic E-state index is 10.8. The number of carbonyl (C=O) groups is 2. The van der Waals surface area contributed by atoms with E-state index in [1.165, 1.54) is 13.8 Å². The average Bonchev–Trinajstić information content (AvgIpc) is 2.17. The van der Waals surface area contributed by atoms with E-state index in [1.54, 1.807) is 30.3 Å². The highest BCUT2D eigenvalue weighted by Crippen LogP contribution is 2.14. The second-order valence-electron chi connectivity index (χ2n) is 2.76. The van der Waals surface area contributed by atoms with Gasteiger partial charge in [0.15, 0.2) is 0 Å². The fourth-order valence-electron chi connectivity index (χ4n) is 0.907. The van der Waals surface area contributed by atoms with Crippen molar-refractivity contribution in [2.45, 2.75) is 13.8 Å². The van der Waals surface area contributed by atoms with Crippen molar-refractivity contribution in [3.05, 3.63) is 30.3 Å². The van der Waals surface area contributed by atoms with Gasteiger partial charge in [0.1, 0.15) is 5.69 Å². The number of para-hydroxylation sites is 1. The Morgan fingerprint density at radius 2 is 1.47 bits per heavy atom. The van der Waals surface area contributed by atoms with Crippen LogP contribution in [0.15, 0.2) is 30.3 Å². The van der Waals surface area contributed by atoms with Crippen LogP contribution in [-0.4, -0.2) is 11.9 Å². The molecule has 0 spiro atoms. The van der Waals surface area contributed by atoms with Crippen molar-refractivity contribution in [3.8, 4) is 0 Å². The summed E-state index contributed by atoms with van der Waals surface area (Å²) in [7, 11) is 0. The van der Waals surface area contributed by atoms with Crippen LogP contribution in [0, 0.1) is 0 Å². The van der Waals surface area contributed by atoms with Crippen LogP contribution in [0.3, 0.4) is 0 Å². The first kappa shape index (κ1) is 11.0. The van der Waals surface area contributed by atoms with E-state index in [4.69, 9.17) is 9.68 Å². The van der Waals surface area contributed by atoms with E-state index in [0.29, 0.717) is 5.69 Å². The molecule has 1 rings (SSSR count). The lowest BCUT2D eigenvalue weighted by molar-refractivity contribution is -0.171. The molecule has 1 aromatic carbocycles. The predicted molar refractivity (Wildman–Crippen MR) is 52.5 cm³/mol. The van der Waals surface area contributed by atoms with Gasteiger partial charge in [-0.1, -0.05) is 18.2 Å². The van der Waals surface area contributed by atoms with Crippen LogP contribution in [-0.2, 0) is 19.3 Å². The summed E-state index contributed by atoms with van der Waals surface area (Å²) in [6.07, 6.45) is 0. The molecule has 15 heavy (non-hydrogen) atoms. The van der Waals surface area contributed by atoms with Crippen LogP contribution >= 0.6 is 0 Å². The number of rotatable bonds is 3. The van der Waals surface area contributed by atoms with Gasteiger partial charge in [-0.05, 0) is 17.4 Å². The number of hydrogen-bond donors (Lipinski definition) is 0. The molecule has 0 fully saturated rings. The molecule has 0 aliphatic heterocycles. The molecule has 0 atom stereocenters. The Morgan fingerprint density at radius 1 is 1.00 bits per heavy atom. The number of anilines is 1. The fourth-order valence-corrected chi connectivity index (χ4v) is 0.907. The molecule has 0 amide bonds. The van der Waals surface area contributed by atoms with Gasteiger partial charge < -0.3 is 9.68 Å². The van der Waals surface area contributed by atoms with Crippen LogP contribution in [0.5, 0.6) is 0 Å². The van der Waals surface area contributed by atoms with Gasteiger partial charge in [0.2, 0.25) is 0 Å². The lowest BCUT2D eigenvalue weighted by Crippen LogP contribution is -2.28. The Kier molecular flexibility index (Phi) is 3.68. The van der Waals surface area contributed by atoms with Crippen LogP contribution < -0.4 is 5.23 Å². The number of carbonyl (C=O) groups excluding carboxylic acids is 2. The first-order valence-electron chi connectivity index (χ1n) is 4.32. The lowest BCUT2D eigenvalue weighted by atomic mass is 10.3. The summed E-state index contributed by atoms with van der Waals surface area (Å²) in [4.78, 5) is 30.9. The third kappa shape index (κ3) is 3.68. The second-order valence-corrected chi connectivity index (χ2v) is 2.76. The summed E-state index contributed by atoms with van der Waals surface area (Å²) in [5.74, 6) is -1.14. The summed E-state index contributed by atoms with van der Waals surface area (Å²) >= 11 is 0. The minimum atomic E-state index is -0.569. The Balaban J connectivity index is 2.81. The zero-order valence-corrected chi connectivity index (χ0v) is 8.47. The molecule has 0 aliphatic carbocycles. The highest BCUT2D eigenvalue weighted by atomic mass is 17.0. The van der Waals surface area contributed by atoms with E-state index < -0.39 is 11.9 Å². The maximum atomic E-state index is 10.8. The first-order valence-corrected chi connectivity index (χ1v) is 4.32. The van der Waals surface area contributed by atoms with Crippen molar-refractivity contribution < 1.29 is 19.3 Å². The molecule has 0 aromatic heterocycles. The quantitative estimate of drug-likeness (QED) is 0.705. The Labute approximate surface area is 87.1 Å². The van der Waals surface area contributed by atoms with E-state index >= 15 is 0 Å². The fraction of sp³-hybridized carbons (Fsp3) is 0.200. The highest BCUT2D eigenvalue weighted by molar-refractivity contribution is 5.70. The molecular formula is C10H11NO4. The molecule has 0 N–H and O–H groups in total. The van der Waals surface area contributed by atoms with Crippen molar-refractivity contribution in [1.82, 2.24) is 0 Å². The topological polar surface area (TPSA) is 55.8 Å². The largest absolute Gasteiger partial charge is 0.333 e. The molecule has 0 saturated carbocycles. The summed E-state index contributed by atoms with van der Waals surface area (Å²) < 4.78 is 0. The maximum Gasteiger partial charge on any atom is 0.333 e. The SMILES string of the molecule is CC(=O)ON(OC(C)=O)c1ccccc1. The smallest absolute Gasteiger partial charge is 0.306 e. The third-order valence-corrected chi connectivity index (χ3v) is 1.39. The van der Waals surface area contributed by atoms with Crippen LogP contribution in [0.4, 0.5) is 5.69 Å². The van der Waals surface area contributed by atoms with E-state index in [1.807, 2.05) is 0 Å². The van der Waals surface area contributed by atoms with Crippen LogP contribution in [0.25, 0.3) is 0 Å². The Hall–Kier alpha value is -2.04. The molecule has 0 saturated heterocycles. The standard InChI is InChI=1S/C10H11NO4/c1-8(12)14-11(15-9(2)13)10-6-4-3-5-7-10/h3-7H,1-2H3. The minimum absolute atomic E-state index is 0.461. The molecule has 5 heteroatoms. The van der Waals surface area contributed by atoms with E-state index in [2.05, 4.69) is 0 Å². The predicted octanol–water partition coefficient (Wildman–Crippen LogP) is 1.45. The normalized spacial score (nSPS) is 9.20. The summed E-state index contributed by atoms with van der Waals surface area (Å²) in [6.45, 7) is 2.44. The van der Waals surface area contributed by atoms with Gasteiger partial charge in [-0.25, -0.2) is 9.59 Å². The van der Waals surface area contributed by atoms with Gasteiger partial charge in [0, 0.05) is 13.8 Å². The van der Waals surface area contributed by atoms with Crippen molar-refractivity contribution >= 4 is 17.6 Å². The highest BCUT2D eigenvalue weighted by Gasteiger charge is 2.13. The summed E-state index contributed by atoms with van der Waals surface area (Å²) in [6, 6.07) is 8.55. The van der Waals surface area contributed by atoms with Crippen molar-refractivity contribution in [3.63, 3.8) is 0 Å². The van der Waals surface area contributed by atoms with Crippen molar-refractivity contribution in [1.29, 1.82) is 0 Å². The monoisotopic (exact) mass is 209 g/mol. The van der Waals surface area contributed by atoms with E-state index in [-0.39, 0.29) is 0 Å². The lowest BCUT2D eigenvalue weighted by Gasteiger charge is -2.19. The molecular weight excluding hydrogens is 198 g/mol. The van der Waals surface area contributed by atoms with Gasteiger partial charge in [-0.3, -0.25) is 0 Å². The van der Waals surface area contributed by atoms with Gasteiger partial charge in [-0.2, -0.15) is 0 Å². The minimum Gasteiger partial charge on any atom is -0.306 e. The van der Waals surface area contributed by atoms with Crippen molar-refractivity contribution in [2.75, 3.05) is 5.23 Å². The van der Waals surface area contributed by atoms with Crippen molar-refractivity contribution in [2.24, 2.45) is 0 Å². The van der Waals surface area contributed by atoms with Crippen LogP contribution in [0.1, 0.15) is 13.8 Å².